The van der Waals surface area contributed by atoms with E-state index in [1.807, 2.05) is 36.4 Å². The quantitative estimate of drug-likeness (QED) is 0.582. The van der Waals surface area contributed by atoms with Crippen LogP contribution in [0.15, 0.2) is 52.5 Å². The third-order valence-corrected chi connectivity index (χ3v) is 5.17. The van der Waals surface area contributed by atoms with Crippen molar-refractivity contribution in [2.75, 3.05) is 0 Å². The monoisotopic (exact) mass is 340 g/mol. The van der Waals surface area contributed by atoms with Crippen LogP contribution in [0.3, 0.4) is 0 Å². The topological polar surface area (TPSA) is 47.6 Å². The molecule has 1 heterocycles. The summed E-state index contributed by atoms with van der Waals surface area (Å²) in [7, 11) is 0. The second-order valence-electron chi connectivity index (χ2n) is 5.86. The molecule has 2 nitrogen and oxygen atoms in total. The Bertz CT molecular complexity index is 716. The molecule has 0 bridgehead atoms. The molecule has 1 aromatic carbocycles. The van der Waals surface area contributed by atoms with E-state index in [2.05, 4.69) is 39.0 Å². The van der Waals surface area contributed by atoms with Crippen LogP contribution in [0.4, 0.5) is 0 Å². The van der Waals surface area contributed by atoms with Gasteiger partial charge in [0.2, 0.25) is 0 Å². The van der Waals surface area contributed by atoms with Crippen LogP contribution in [0.2, 0.25) is 0 Å². The van der Waals surface area contributed by atoms with Crippen molar-refractivity contribution >= 4 is 25.0 Å². The average molecular weight is 339 g/mol. The molecule has 1 aliphatic heterocycles. The molecule has 0 unspecified atom stereocenters. The van der Waals surface area contributed by atoms with Gasteiger partial charge in [-0.1, -0.05) is 0 Å². The molecule has 0 N–H and O–H groups in total. The Morgan fingerprint density at radius 1 is 1.14 bits per heavy atom. The van der Waals surface area contributed by atoms with Gasteiger partial charge in [-0.05, 0) is 0 Å². The van der Waals surface area contributed by atoms with Crippen LogP contribution < -0.4 is 4.46 Å². The Kier molecular flexibility index (Phi) is 4.49. The number of benzene rings is 1. The maximum atomic E-state index is 9.18. The van der Waals surface area contributed by atoms with Crippen LogP contribution in [0.5, 0.6) is 0 Å². The van der Waals surface area contributed by atoms with Crippen molar-refractivity contribution in [1.29, 1.82) is 10.5 Å². The zero-order valence-electron chi connectivity index (χ0n) is 12.3. The first-order valence-corrected chi connectivity index (χ1v) is 8.38. The molecule has 2 rings (SSSR count). The van der Waals surface area contributed by atoms with Gasteiger partial charge in [0.25, 0.3) is 0 Å². The van der Waals surface area contributed by atoms with Gasteiger partial charge in [0, 0.05) is 0 Å². The van der Waals surface area contributed by atoms with E-state index >= 15 is 0 Å². The van der Waals surface area contributed by atoms with Crippen molar-refractivity contribution in [2.45, 2.75) is 20.8 Å². The molecule has 104 valence electrons. The summed E-state index contributed by atoms with van der Waals surface area (Å²) in [5, 5.41) is 18.4. The van der Waals surface area contributed by atoms with Crippen molar-refractivity contribution in [3.05, 3.63) is 58.1 Å². The summed E-state index contributed by atoms with van der Waals surface area (Å²) in [5.74, 6) is 0. The molecule has 0 spiro atoms. The number of hydrogen-bond donors (Lipinski definition) is 0. The predicted molar refractivity (Wildman–Crippen MR) is 86.7 cm³/mol. The van der Waals surface area contributed by atoms with Crippen molar-refractivity contribution in [1.82, 2.24) is 0 Å². The summed E-state index contributed by atoms with van der Waals surface area (Å²) in [6, 6.07) is 12.1. The number of hydrogen-bond acceptors (Lipinski definition) is 2. The van der Waals surface area contributed by atoms with E-state index in [9.17, 15) is 10.5 Å². The van der Waals surface area contributed by atoms with Crippen LogP contribution in [-0.4, -0.2) is 15.0 Å². The zero-order valence-corrected chi connectivity index (χ0v) is 14.1. The predicted octanol–water partition coefficient (Wildman–Crippen LogP) is 3.32. The van der Waals surface area contributed by atoms with Gasteiger partial charge in [-0.25, -0.2) is 0 Å². The van der Waals surface area contributed by atoms with Gasteiger partial charge in [-0.3, -0.25) is 0 Å². The average Bonchev–Trinajstić information content (AvgIpc) is 2.45. The first kappa shape index (κ1) is 15.3. The SMILES string of the molecule is CC(C)(C)/C=C/C1=CC(=C(C#N)C#N)c2ccccc2[Se]1. The molecule has 1 aliphatic rings. The molecule has 0 radical (unpaired) electrons. The first-order chi connectivity index (χ1) is 9.94. The summed E-state index contributed by atoms with van der Waals surface area (Å²) < 4.78 is 2.41. The molecule has 0 aromatic heterocycles. The van der Waals surface area contributed by atoms with Gasteiger partial charge in [-0.2, -0.15) is 0 Å². The Labute approximate surface area is 132 Å². The Morgan fingerprint density at radius 3 is 2.43 bits per heavy atom. The molecule has 0 saturated heterocycles. The second-order valence-corrected chi connectivity index (χ2v) is 8.20. The Morgan fingerprint density at radius 2 is 1.81 bits per heavy atom. The minimum absolute atomic E-state index is 0.116. The van der Waals surface area contributed by atoms with Gasteiger partial charge >= 0.3 is 132 Å². The van der Waals surface area contributed by atoms with Crippen LogP contribution in [-0.2, 0) is 0 Å². The van der Waals surface area contributed by atoms with Crippen LogP contribution in [0.1, 0.15) is 26.3 Å². The van der Waals surface area contributed by atoms with Gasteiger partial charge in [0.05, 0.1) is 0 Å². The molecule has 0 aliphatic carbocycles. The van der Waals surface area contributed by atoms with Crippen molar-refractivity contribution < 1.29 is 0 Å². The number of nitriles is 2. The van der Waals surface area contributed by atoms with Crippen molar-refractivity contribution in [3.8, 4) is 12.1 Å². The first-order valence-electron chi connectivity index (χ1n) is 6.67. The summed E-state index contributed by atoms with van der Waals surface area (Å²) in [5.41, 5.74) is 2.06. The molecular formula is C18H16N2Se. The second kappa shape index (κ2) is 6.15. The molecule has 1 aromatic rings. The fourth-order valence-corrected chi connectivity index (χ4v) is 4.02. The standard InChI is InChI=1S/C18H16N2Se/c1-18(2,3)9-8-14-10-16(13(11-19)12-20)15-6-4-5-7-17(15)21-14/h4-10H,1-3H3/b9-8+. The zero-order chi connectivity index (χ0) is 15.5. The Balaban J connectivity index is 2.55. The maximum absolute atomic E-state index is 9.18. The summed E-state index contributed by atoms with van der Waals surface area (Å²) in [4.78, 5) is 0. The van der Waals surface area contributed by atoms with Crippen LogP contribution >= 0.6 is 0 Å². The number of nitrogens with zero attached hydrogens (tertiary/aromatic N) is 2. The third-order valence-electron chi connectivity index (χ3n) is 2.93. The molecule has 0 fully saturated rings. The number of rotatable bonds is 1. The van der Waals surface area contributed by atoms with Gasteiger partial charge in [0.1, 0.15) is 0 Å². The molecule has 0 amide bonds. The molecule has 0 atom stereocenters. The van der Waals surface area contributed by atoms with E-state index in [4.69, 9.17) is 0 Å². The van der Waals surface area contributed by atoms with Gasteiger partial charge < -0.3 is 0 Å². The number of fused-ring (bicyclic) bond motifs is 1. The van der Waals surface area contributed by atoms with E-state index < -0.39 is 0 Å². The van der Waals surface area contributed by atoms with Crippen molar-refractivity contribution in [2.24, 2.45) is 5.41 Å². The van der Waals surface area contributed by atoms with Crippen molar-refractivity contribution in [3.63, 3.8) is 0 Å². The minimum atomic E-state index is 0.116. The van der Waals surface area contributed by atoms with Crippen LogP contribution in [0.25, 0.3) is 5.57 Å². The van der Waals surface area contributed by atoms with E-state index in [1.165, 1.54) is 8.93 Å². The molecule has 0 saturated carbocycles. The van der Waals surface area contributed by atoms with E-state index in [0.717, 1.165) is 11.1 Å². The number of allylic oxidation sites excluding steroid dienone is 6. The summed E-state index contributed by atoms with van der Waals surface area (Å²) in [6.45, 7) is 6.46. The Hall–Kier alpha value is -2.06. The van der Waals surface area contributed by atoms with E-state index in [-0.39, 0.29) is 25.9 Å². The third kappa shape index (κ3) is 3.73. The van der Waals surface area contributed by atoms with E-state index in [0.29, 0.717) is 0 Å². The molecule has 21 heavy (non-hydrogen) atoms. The molecule has 3 heteroatoms. The fraction of sp³-hybridized carbons (Fsp3) is 0.222. The van der Waals surface area contributed by atoms with E-state index in [1.54, 1.807) is 0 Å². The van der Waals surface area contributed by atoms with Gasteiger partial charge in [-0.15, -0.1) is 0 Å². The van der Waals surface area contributed by atoms with Crippen LogP contribution in [0, 0.1) is 28.1 Å². The molecular weight excluding hydrogens is 323 g/mol. The van der Waals surface area contributed by atoms with Gasteiger partial charge in [0.15, 0.2) is 0 Å². The summed E-state index contributed by atoms with van der Waals surface area (Å²) >= 11 is 0.206. The fourth-order valence-electron chi connectivity index (χ4n) is 1.92. The summed E-state index contributed by atoms with van der Waals surface area (Å²) in [6.07, 6.45) is 6.29. The normalized spacial score (nSPS) is 14.1.